The smallest absolute Gasteiger partial charge is 0.316 e. The SMILES string of the molecule is COc1nccc(C(=O)N2CC[C@@H](Oc3cccc(Cl)c3)C2)n1. The number of ether oxygens (including phenoxy) is 2. The topological polar surface area (TPSA) is 64.5 Å². The Morgan fingerprint density at radius 1 is 1.39 bits per heavy atom. The lowest BCUT2D eigenvalue weighted by Gasteiger charge is -2.17. The van der Waals surface area contributed by atoms with Gasteiger partial charge in [-0.3, -0.25) is 4.79 Å². The molecule has 1 aromatic carbocycles. The third-order valence-corrected chi connectivity index (χ3v) is 3.80. The molecule has 1 aromatic heterocycles. The monoisotopic (exact) mass is 333 g/mol. The van der Waals surface area contributed by atoms with Crippen molar-refractivity contribution in [3.05, 3.63) is 47.2 Å². The van der Waals surface area contributed by atoms with E-state index in [-0.39, 0.29) is 18.0 Å². The van der Waals surface area contributed by atoms with Crippen LogP contribution in [0.1, 0.15) is 16.9 Å². The predicted octanol–water partition coefficient (Wildman–Crippen LogP) is 2.43. The minimum absolute atomic E-state index is 0.0545. The van der Waals surface area contributed by atoms with E-state index in [4.69, 9.17) is 21.1 Å². The average Bonchev–Trinajstić information content (AvgIpc) is 3.02. The van der Waals surface area contributed by atoms with E-state index in [1.807, 2.05) is 12.1 Å². The molecule has 0 aliphatic carbocycles. The number of benzene rings is 1. The molecule has 0 N–H and O–H groups in total. The molecule has 0 unspecified atom stereocenters. The van der Waals surface area contributed by atoms with E-state index in [0.29, 0.717) is 29.6 Å². The summed E-state index contributed by atoms with van der Waals surface area (Å²) in [6, 6.07) is 9.01. The first kappa shape index (κ1) is 15.6. The number of hydrogen-bond donors (Lipinski definition) is 0. The lowest BCUT2D eigenvalue weighted by Crippen LogP contribution is -2.31. The van der Waals surface area contributed by atoms with Crippen LogP contribution in [0.25, 0.3) is 0 Å². The first-order valence-corrected chi connectivity index (χ1v) is 7.62. The molecule has 0 saturated carbocycles. The summed E-state index contributed by atoms with van der Waals surface area (Å²) in [4.78, 5) is 22.2. The molecule has 0 spiro atoms. The first-order chi connectivity index (χ1) is 11.2. The maximum atomic E-state index is 12.5. The molecule has 0 bridgehead atoms. The van der Waals surface area contributed by atoms with Gasteiger partial charge < -0.3 is 14.4 Å². The van der Waals surface area contributed by atoms with Crippen LogP contribution in [-0.2, 0) is 0 Å². The van der Waals surface area contributed by atoms with Crippen molar-refractivity contribution < 1.29 is 14.3 Å². The van der Waals surface area contributed by atoms with Crippen molar-refractivity contribution in [2.75, 3.05) is 20.2 Å². The normalized spacial score (nSPS) is 17.1. The van der Waals surface area contributed by atoms with Crippen LogP contribution < -0.4 is 9.47 Å². The molecule has 2 heterocycles. The Morgan fingerprint density at radius 3 is 3.04 bits per heavy atom. The number of carbonyl (C=O) groups excluding carboxylic acids is 1. The summed E-state index contributed by atoms with van der Waals surface area (Å²) in [6.07, 6.45) is 2.22. The van der Waals surface area contributed by atoms with Gasteiger partial charge >= 0.3 is 6.01 Å². The van der Waals surface area contributed by atoms with Gasteiger partial charge in [-0.15, -0.1) is 0 Å². The molecule has 1 aliphatic rings. The van der Waals surface area contributed by atoms with Crippen LogP contribution >= 0.6 is 11.6 Å². The van der Waals surface area contributed by atoms with Gasteiger partial charge in [0.1, 0.15) is 17.5 Å². The summed E-state index contributed by atoms with van der Waals surface area (Å²) in [6.45, 7) is 1.13. The highest BCUT2D eigenvalue weighted by molar-refractivity contribution is 6.30. The van der Waals surface area contributed by atoms with Crippen LogP contribution in [-0.4, -0.2) is 47.1 Å². The summed E-state index contributed by atoms with van der Waals surface area (Å²) in [7, 11) is 1.47. The van der Waals surface area contributed by atoms with Gasteiger partial charge in [0.15, 0.2) is 0 Å². The maximum absolute atomic E-state index is 12.5. The van der Waals surface area contributed by atoms with E-state index in [1.165, 1.54) is 13.3 Å². The fourth-order valence-electron chi connectivity index (χ4n) is 2.46. The number of nitrogens with zero attached hydrogens (tertiary/aromatic N) is 3. The van der Waals surface area contributed by atoms with Crippen LogP contribution in [0.4, 0.5) is 0 Å². The number of methoxy groups -OCH3 is 1. The Kier molecular flexibility index (Phi) is 4.62. The number of aromatic nitrogens is 2. The fraction of sp³-hybridized carbons (Fsp3) is 0.312. The number of carbonyl (C=O) groups is 1. The van der Waals surface area contributed by atoms with Gasteiger partial charge in [0, 0.05) is 24.2 Å². The zero-order valence-corrected chi connectivity index (χ0v) is 13.4. The summed E-state index contributed by atoms with van der Waals surface area (Å²) in [5.41, 5.74) is 0.320. The van der Waals surface area contributed by atoms with Gasteiger partial charge in [-0.25, -0.2) is 4.98 Å². The second kappa shape index (κ2) is 6.83. The molecule has 23 heavy (non-hydrogen) atoms. The van der Waals surface area contributed by atoms with Crippen molar-refractivity contribution in [3.63, 3.8) is 0 Å². The average molecular weight is 334 g/mol. The third-order valence-electron chi connectivity index (χ3n) is 3.57. The molecule has 1 saturated heterocycles. The summed E-state index contributed by atoms with van der Waals surface area (Å²) >= 11 is 5.95. The quantitative estimate of drug-likeness (QED) is 0.859. The lowest BCUT2D eigenvalue weighted by atomic mass is 10.3. The Bertz CT molecular complexity index is 710. The number of amides is 1. The summed E-state index contributed by atoms with van der Waals surface area (Å²) < 4.78 is 10.8. The highest BCUT2D eigenvalue weighted by Crippen LogP contribution is 2.22. The van der Waals surface area contributed by atoms with E-state index in [2.05, 4.69) is 9.97 Å². The molecule has 1 amide bonds. The largest absolute Gasteiger partial charge is 0.488 e. The molecule has 6 nitrogen and oxygen atoms in total. The predicted molar refractivity (Wildman–Crippen MR) is 85.0 cm³/mol. The fourth-order valence-corrected chi connectivity index (χ4v) is 2.64. The van der Waals surface area contributed by atoms with E-state index in [0.717, 1.165) is 6.42 Å². The Hall–Kier alpha value is -2.34. The summed E-state index contributed by atoms with van der Waals surface area (Å²) in [5, 5.41) is 0.626. The minimum Gasteiger partial charge on any atom is -0.488 e. The molecule has 120 valence electrons. The van der Waals surface area contributed by atoms with Crippen molar-refractivity contribution in [2.45, 2.75) is 12.5 Å². The second-order valence-corrected chi connectivity index (χ2v) is 5.60. The molecular weight excluding hydrogens is 318 g/mol. The highest BCUT2D eigenvalue weighted by atomic mass is 35.5. The Morgan fingerprint density at radius 2 is 2.26 bits per heavy atom. The number of likely N-dealkylation sites (tertiary alicyclic amines) is 1. The third kappa shape index (κ3) is 3.71. The van der Waals surface area contributed by atoms with E-state index in [9.17, 15) is 4.79 Å². The maximum Gasteiger partial charge on any atom is 0.316 e. The van der Waals surface area contributed by atoms with E-state index < -0.39 is 0 Å². The number of hydrogen-bond acceptors (Lipinski definition) is 5. The minimum atomic E-state index is -0.150. The summed E-state index contributed by atoms with van der Waals surface area (Å²) in [5.74, 6) is 0.559. The van der Waals surface area contributed by atoms with Crippen LogP contribution in [0.2, 0.25) is 5.02 Å². The standard InChI is InChI=1S/C16H16ClN3O3/c1-22-16-18-7-5-14(19-16)15(21)20-8-6-13(10-20)23-12-4-2-3-11(17)9-12/h2-5,7,9,13H,6,8,10H2,1H3/t13-/m1/s1. The molecule has 0 radical (unpaired) electrons. The van der Waals surface area contributed by atoms with E-state index >= 15 is 0 Å². The molecule has 1 atom stereocenters. The van der Waals surface area contributed by atoms with Crippen molar-refractivity contribution in [1.82, 2.24) is 14.9 Å². The van der Waals surface area contributed by atoms with Crippen LogP contribution in [0.5, 0.6) is 11.8 Å². The van der Waals surface area contributed by atoms with Crippen molar-refractivity contribution in [2.24, 2.45) is 0 Å². The van der Waals surface area contributed by atoms with Crippen LogP contribution in [0, 0.1) is 0 Å². The van der Waals surface area contributed by atoms with Gasteiger partial charge in [0.05, 0.1) is 13.7 Å². The number of halogens is 1. The molecule has 3 rings (SSSR count). The van der Waals surface area contributed by atoms with Crippen LogP contribution in [0.15, 0.2) is 36.5 Å². The molecule has 1 fully saturated rings. The number of rotatable bonds is 4. The molecule has 1 aliphatic heterocycles. The van der Waals surface area contributed by atoms with E-state index in [1.54, 1.807) is 23.1 Å². The van der Waals surface area contributed by atoms with Gasteiger partial charge in [0.25, 0.3) is 5.91 Å². The Labute approximate surface area is 139 Å². The van der Waals surface area contributed by atoms with Crippen LogP contribution in [0.3, 0.4) is 0 Å². The van der Waals surface area contributed by atoms with Crippen molar-refractivity contribution >= 4 is 17.5 Å². The second-order valence-electron chi connectivity index (χ2n) is 5.17. The van der Waals surface area contributed by atoms with Gasteiger partial charge in [-0.2, -0.15) is 4.98 Å². The lowest BCUT2D eigenvalue weighted by molar-refractivity contribution is 0.0765. The zero-order chi connectivity index (χ0) is 16.2. The highest BCUT2D eigenvalue weighted by Gasteiger charge is 2.29. The van der Waals surface area contributed by atoms with Crippen molar-refractivity contribution in [1.29, 1.82) is 0 Å². The molecular formula is C16H16ClN3O3. The Balaban J connectivity index is 1.63. The molecule has 2 aromatic rings. The van der Waals surface area contributed by atoms with Crippen molar-refractivity contribution in [3.8, 4) is 11.8 Å². The zero-order valence-electron chi connectivity index (χ0n) is 12.6. The molecule has 7 heteroatoms. The van der Waals surface area contributed by atoms with Gasteiger partial charge in [-0.05, 0) is 24.3 Å². The van der Waals surface area contributed by atoms with Gasteiger partial charge in [0.2, 0.25) is 0 Å². The first-order valence-electron chi connectivity index (χ1n) is 7.24. The van der Waals surface area contributed by atoms with Gasteiger partial charge in [-0.1, -0.05) is 17.7 Å².